The SMILES string of the molecule is Nc1cc(-c2nc(-c3cccs3)no2)ccc1O. The molecule has 0 radical (unpaired) electrons. The summed E-state index contributed by atoms with van der Waals surface area (Å²) in [5.74, 6) is 0.966. The molecule has 2 aromatic heterocycles. The number of phenols is 1. The normalized spacial score (nSPS) is 10.7. The number of hydrogen-bond acceptors (Lipinski definition) is 6. The Morgan fingerprint density at radius 2 is 2.17 bits per heavy atom. The summed E-state index contributed by atoms with van der Waals surface area (Å²) in [6.07, 6.45) is 0. The smallest absolute Gasteiger partial charge is 0.258 e. The molecule has 6 heteroatoms. The van der Waals surface area contributed by atoms with E-state index >= 15 is 0 Å². The van der Waals surface area contributed by atoms with Gasteiger partial charge in [0.2, 0.25) is 5.82 Å². The van der Waals surface area contributed by atoms with Gasteiger partial charge in [0, 0.05) is 5.56 Å². The monoisotopic (exact) mass is 259 g/mol. The zero-order valence-corrected chi connectivity index (χ0v) is 10.0. The summed E-state index contributed by atoms with van der Waals surface area (Å²) in [6, 6.07) is 8.62. The molecule has 0 aliphatic heterocycles. The molecule has 3 aromatic rings. The van der Waals surface area contributed by atoms with Crippen LogP contribution in [0.15, 0.2) is 40.2 Å². The highest BCUT2D eigenvalue weighted by molar-refractivity contribution is 7.13. The Bertz CT molecular complexity index is 676. The first-order chi connectivity index (χ1) is 8.74. The first-order valence-electron chi connectivity index (χ1n) is 5.20. The lowest BCUT2D eigenvalue weighted by molar-refractivity contribution is 0.432. The molecule has 0 aliphatic rings. The van der Waals surface area contributed by atoms with Crippen LogP contribution in [0.2, 0.25) is 0 Å². The molecule has 3 rings (SSSR count). The van der Waals surface area contributed by atoms with Crippen molar-refractivity contribution < 1.29 is 9.63 Å². The van der Waals surface area contributed by atoms with Gasteiger partial charge in [-0.1, -0.05) is 11.2 Å². The highest BCUT2D eigenvalue weighted by Gasteiger charge is 2.12. The molecule has 0 fully saturated rings. The Labute approximate surface area is 107 Å². The van der Waals surface area contributed by atoms with Crippen LogP contribution in [0.25, 0.3) is 22.2 Å². The number of rotatable bonds is 2. The van der Waals surface area contributed by atoms with E-state index in [-0.39, 0.29) is 11.4 Å². The van der Waals surface area contributed by atoms with Crippen molar-refractivity contribution in [1.29, 1.82) is 0 Å². The molecule has 0 atom stereocenters. The summed E-state index contributed by atoms with van der Waals surface area (Å²) >= 11 is 1.54. The summed E-state index contributed by atoms with van der Waals surface area (Å²) in [5, 5.41) is 15.2. The molecular formula is C12H9N3O2S. The zero-order chi connectivity index (χ0) is 12.5. The minimum atomic E-state index is 0.0387. The maximum Gasteiger partial charge on any atom is 0.258 e. The first-order valence-corrected chi connectivity index (χ1v) is 6.08. The number of nitrogens with zero attached hydrogens (tertiary/aromatic N) is 2. The first kappa shape index (κ1) is 10.8. The van der Waals surface area contributed by atoms with Gasteiger partial charge >= 0.3 is 0 Å². The van der Waals surface area contributed by atoms with Crippen molar-refractivity contribution in [2.75, 3.05) is 5.73 Å². The molecule has 0 spiro atoms. The molecule has 5 nitrogen and oxygen atoms in total. The van der Waals surface area contributed by atoms with Crippen molar-refractivity contribution in [2.45, 2.75) is 0 Å². The van der Waals surface area contributed by atoms with Gasteiger partial charge in [-0.05, 0) is 29.6 Å². The lowest BCUT2D eigenvalue weighted by Crippen LogP contribution is -1.86. The second-order valence-corrected chi connectivity index (χ2v) is 4.62. The number of aromatic nitrogens is 2. The third kappa shape index (κ3) is 1.82. The van der Waals surface area contributed by atoms with Gasteiger partial charge in [0.05, 0.1) is 10.6 Å². The standard InChI is InChI=1S/C12H9N3O2S/c13-8-6-7(3-4-9(8)16)12-14-11(15-17-12)10-2-1-5-18-10/h1-6,16H,13H2. The average molecular weight is 259 g/mol. The van der Waals surface area contributed by atoms with E-state index in [4.69, 9.17) is 10.3 Å². The number of hydrogen-bond donors (Lipinski definition) is 2. The van der Waals surface area contributed by atoms with Crippen molar-refractivity contribution in [3.8, 4) is 27.9 Å². The second kappa shape index (κ2) is 4.15. The van der Waals surface area contributed by atoms with Gasteiger partial charge in [0.1, 0.15) is 5.75 Å². The van der Waals surface area contributed by atoms with Crippen LogP contribution in [0.1, 0.15) is 0 Å². The average Bonchev–Trinajstić information content (AvgIpc) is 3.01. The third-order valence-electron chi connectivity index (χ3n) is 2.44. The highest BCUT2D eigenvalue weighted by atomic mass is 32.1. The summed E-state index contributed by atoms with van der Waals surface area (Å²) < 4.78 is 5.18. The van der Waals surface area contributed by atoms with Gasteiger partial charge in [-0.25, -0.2) is 0 Å². The van der Waals surface area contributed by atoms with Crippen molar-refractivity contribution in [1.82, 2.24) is 10.1 Å². The molecule has 3 N–H and O–H groups in total. The Kier molecular flexibility index (Phi) is 2.49. The van der Waals surface area contributed by atoms with Crippen molar-refractivity contribution in [3.05, 3.63) is 35.7 Å². The Morgan fingerprint density at radius 1 is 1.28 bits per heavy atom. The van der Waals surface area contributed by atoms with Gasteiger partial charge in [-0.2, -0.15) is 4.98 Å². The van der Waals surface area contributed by atoms with E-state index in [0.717, 1.165) is 4.88 Å². The molecule has 0 unspecified atom stereocenters. The third-order valence-corrected chi connectivity index (χ3v) is 3.31. The Morgan fingerprint density at radius 3 is 2.89 bits per heavy atom. The Balaban J connectivity index is 2.00. The molecule has 0 aliphatic carbocycles. The number of thiophene rings is 1. The number of anilines is 1. The highest BCUT2D eigenvalue weighted by Crippen LogP contribution is 2.29. The van der Waals surface area contributed by atoms with E-state index in [9.17, 15) is 5.11 Å². The van der Waals surface area contributed by atoms with Crippen molar-refractivity contribution >= 4 is 17.0 Å². The second-order valence-electron chi connectivity index (χ2n) is 3.67. The largest absolute Gasteiger partial charge is 0.506 e. The van der Waals surface area contributed by atoms with Gasteiger partial charge < -0.3 is 15.4 Å². The van der Waals surface area contributed by atoms with Crippen LogP contribution in [0, 0.1) is 0 Å². The zero-order valence-electron chi connectivity index (χ0n) is 9.20. The topological polar surface area (TPSA) is 85.2 Å². The number of phenolic OH excluding ortho intramolecular Hbond substituents is 1. The molecule has 90 valence electrons. The summed E-state index contributed by atoms with van der Waals surface area (Å²) in [5.41, 5.74) is 6.58. The van der Waals surface area contributed by atoms with Crippen LogP contribution in [0.5, 0.6) is 5.75 Å². The minimum absolute atomic E-state index is 0.0387. The molecule has 0 saturated carbocycles. The lowest BCUT2D eigenvalue weighted by atomic mass is 10.2. The quantitative estimate of drug-likeness (QED) is 0.546. The van der Waals surface area contributed by atoms with Crippen LogP contribution in [0.3, 0.4) is 0 Å². The number of nitrogens with two attached hydrogens (primary N) is 1. The van der Waals surface area contributed by atoms with Gasteiger partial charge in [-0.3, -0.25) is 0 Å². The van der Waals surface area contributed by atoms with Gasteiger partial charge in [0.15, 0.2) is 0 Å². The molecule has 0 amide bonds. The van der Waals surface area contributed by atoms with E-state index in [1.807, 2.05) is 17.5 Å². The van der Waals surface area contributed by atoms with Crippen LogP contribution < -0.4 is 5.73 Å². The van der Waals surface area contributed by atoms with Crippen LogP contribution in [0.4, 0.5) is 5.69 Å². The van der Waals surface area contributed by atoms with Crippen LogP contribution in [-0.2, 0) is 0 Å². The van der Waals surface area contributed by atoms with E-state index in [1.54, 1.807) is 23.5 Å². The maximum absolute atomic E-state index is 9.36. The van der Waals surface area contributed by atoms with E-state index in [0.29, 0.717) is 17.3 Å². The predicted octanol–water partition coefficient (Wildman–Crippen LogP) is 2.75. The van der Waals surface area contributed by atoms with Crippen molar-refractivity contribution in [3.63, 3.8) is 0 Å². The Hall–Kier alpha value is -2.34. The summed E-state index contributed by atoms with van der Waals surface area (Å²) in [7, 11) is 0. The molecule has 0 saturated heterocycles. The molecule has 0 bridgehead atoms. The molecule has 18 heavy (non-hydrogen) atoms. The molecular weight excluding hydrogens is 250 g/mol. The van der Waals surface area contributed by atoms with E-state index in [2.05, 4.69) is 10.1 Å². The molecule has 2 heterocycles. The fourth-order valence-electron chi connectivity index (χ4n) is 1.53. The number of nitrogen functional groups attached to an aromatic ring is 1. The van der Waals surface area contributed by atoms with Crippen molar-refractivity contribution in [2.24, 2.45) is 0 Å². The van der Waals surface area contributed by atoms with E-state index in [1.165, 1.54) is 6.07 Å². The lowest BCUT2D eigenvalue weighted by Gasteiger charge is -1.99. The maximum atomic E-state index is 9.36. The summed E-state index contributed by atoms with van der Waals surface area (Å²) in [6.45, 7) is 0. The number of aromatic hydroxyl groups is 1. The predicted molar refractivity (Wildman–Crippen MR) is 69.1 cm³/mol. The fourth-order valence-corrected chi connectivity index (χ4v) is 2.18. The van der Waals surface area contributed by atoms with Crippen LogP contribution >= 0.6 is 11.3 Å². The molecule has 1 aromatic carbocycles. The van der Waals surface area contributed by atoms with Gasteiger partial charge in [0.25, 0.3) is 5.89 Å². The minimum Gasteiger partial charge on any atom is -0.506 e. The van der Waals surface area contributed by atoms with Gasteiger partial charge in [-0.15, -0.1) is 11.3 Å². The number of benzene rings is 1. The summed E-state index contributed by atoms with van der Waals surface area (Å²) in [4.78, 5) is 5.23. The van der Waals surface area contributed by atoms with Crippen LogP contribution in [-0.4, -0.2) is 15.2 Å². The van der Waals surface area contributed by atoms with E-state index < -0.39 is 0 Å². The fraction of sp³-hybridized carbons (Fsp3) is 0.